The first kappa shape index (κ1) is 15.1. The minimum Gasteiger partial charge on any atom is -0.504 e. The number of carbonyl (C=O) groups is 2. The lowest BCUT2D eigenvalue weighted by Gasteiger charge is -2.20. The van der Waals surface area contributed by atoms with E-state index in [1.54, 1.807) is 11.0 Å². The van der Waals surface area contributed by atoms with Gasteiger partial charge in [0.2, 0.25) is 11.8 Å². The van der Waals surface area contributed by atoms with Crippen molar-refractivity contribution in [2.24, 2.45) is 17.4 Å². The molecule has 21 heavy (non-hydrogen) atoms. The van der Waals surface area contributed by atoms with E-state index in [0.717, 1.165) is 0 Å². The molecule has 1 aromatic rings. The lowest BCUT2D eigenvalue weighted by molar-refractivity contribution is -0.131. The molecule has 1 unspecified atom stereocenters. The fourth-order valence-corrected chi connectivity index (χ4v) is 2.46. The van der Waals surface area contributed by atoms with Gasteiger partial charge in [-0.3, -0.25) is 9.59 Å². The Morgan fingerprint density at radius 1 is 1.33 bits per heavy atom. The predicted octanol–water partition coefficient (Wildman–Crippen LogP) is -0.699. The van der Waals surface area contributed by atoms with Crippen LogP contribution in [0.25, 0.3) is 0 Å². The molecule has 2 atom stereocenters. The van der Waals surface area contributed by atoms with Gasteiger partial charge in [-0.25, -0.2) is 0 Å². The van der Waals surface area contributed by atoms with Gasteiger partial charge in [-0.15, -0.1) is 0 Å². The molecule has 0 saturated carbocycles. The highest BCUT2D eigenvalue weighted by Crippen LogP contribution is 2.25. The highest BCUT2D eigenvalue weighted by molar-refractivity contribution is 5.84. The number of likely N-dealkylation sites (tertiary alicyclic amines) is 1. The van der Waals surface area contributed by atoms with E-state index in [1.807, 2.05) is 0 Å². The van der Waals surface area contributed by atoms with Crippen LogP contribution in [0.3, 0.4) is 0 Å². The van der Waals surface area contributed by atoms with Crippen molar-refractivity contribution in [3.63, 3.8) is 0 Å². The number of hydrogen-bond acceptors (Lipinski definition) is 5. The van der Waals surface area contributed by atoms with Gasteiger partial charge in [0, 0.05) is 13.1 Å². The molecule has 1 heterocycles. The minimum absolute atomic E-state index is 0.220. The third-order valence-corrected chi connectivity index (χ3v) is 3.71. The van der Waals surface area contributed by atoms with Crippen LogP contribution in [0.5, 0.6) is 11.5 Å². The van der Waals surface area contributed by atoms with Crippen molar-refractivity contribution in [3.8, 4) is 11.5 Å². The lowest BCUT2D eigenvalue weighted by atomic mass is 10.0. The molecule has 2 rings (SSSR count). The molecule has 1 aliphatic rings. The Balaban J connectivity index is 1.96. The number of amides is 2. The van der Waals surface area contributed by atoms with E-state index in [4.69, 9.17) is 11.5 Å². The largest absolute Gasteiger partial charge is 0.504 e. The summed E-state index contributed by atoms with van der Waals surface area (Å²) in [6.07, 6.45) is 0.804. The summed E-state index contributed by atoms with van der Waals surface area (Å²) in [5.74, 6) is -1.42. The Morgan fingerprint density at radius 2 is 2.05 bits per heavy atom. The standard InChI is InChI=1S/C14H19N3O4/c15-10(5-8-1-2-11(18)12(19)6-8)14(21)17-4-3-9(7-17)13(16)20/h1-2,6,9-10,18-19H,3-5,7,15H2,(H2,16,20)/t9?,10-/m0/s1. The Bertz CT molecular complexity index is 561. The van der Waals surface area contributed by atoms with Gasteiger partial charge in [0.25, 0.3) is 0 Å². The van der Waals surface area contributed by atoms with Gasteiger partial charge in [0.05, 0.1) is 12.0 Å². The summed E-state index contributed by atoms with van der Waals surface area (Å²) in [5, 5.41) is 18.7. The van der Waals surface area contributed by atoms with Gasteiger partial charge in [-0.2, -0.15) is 0 Å². The average molecular weight is 293 g/mol. The normalized spacial score (nSPS) is 19.5. The molecule has 1 aliphatic heterocycles. The molecular formula is C14H19N3O4. The molecule has 0 aliphatic carbocycles. The van der Waals surface area contributed by atoms with Crippen LogP contribution in [-0.4, -0.2) is 46.1 Å². The Morgan fingerprint density at radius 3 is 2.62 bits per heavy atom. The topological polar surface area (TPSA) is 130 Å². The first-order valence-electron chi connectivity index (χ1n) is 6.73. The number of nitrogens with zero attached hydrogens (tertiary/aromatic N) is 1. The Kier molecular flexibility index (Phi) is 4.32. The molecule has 2 amide bonds. The van der Waals surface area contributed by atoms with E-state index in [-0.39, 0.29) is 29.7 Å². The molecule has 1 fully saturated rings. The molecule has 7 nitrogen and oxygen atoms in total. The van der Waals surface area contributed by atoms with Gasteiger partial charge >= 0.3 is 0 Å². The predicted molar refractivity (Wildman–Crippen MR) is 75.3 cm³/mol. The van der Waals surface area contributed by atoms with Crippen molar-refractivity contribution in [3.05, 3.63) is 23.8 Å². The van der Waals surface area contributed by atoms with Crippen molar-refractivity contribution in [1.82, 2.24) is 4.90 Å². The van der Waals surface area contributed by atoms with Crippen LogP contribution >= 0.6 is 0 Å². The maximum Gasteiger partial charge on any atom is 0.239 e. The fraction of sp³-hybridized carbons (Fsp3) is 0.429. The summed E-state index contributed by atoms with van der Waals surface area (Å²) in [5.41, 5.74) is 11.8. The monoisotopic (exact) mass is 293 g/mol. The van der Waals surface area contributed by atoms with E-state index in [1.165, 1.54) is 12.1 Å². The van der Waals surface area contributed by atoms with Crippen LogP contribution in [0.4, 0.5) is 0 Å². The third-order valence-electron chi connectivity index (χ3n) is 3.71. The van der Waals surface area contributed by atoms with Gasteiger partial charge in [-0.1, -0.05) is 6.07 Å². The number of benzene rings is 1. The molecular weight excluding hydrogens is 274 g/mol. The smallest absolute Gasteiger partial charge is 0.239 e. The summed E-state index contributed by atoms with van der Waals surface area (Å²) < 4.78 is 0. The molecule has 7 heteroatoms. The van der Waals surface area contributed by atoms with Crippen LogP contribution < -0.4 is 11.5 Å². The zero-order valence-corrected chi connectivity index (χ0v) is 11.5. The first-order valence-corrected chi connectivity index (χ1v) is 6.73. The number of carbonyl (C=O) groups excluding carboxylic acids is 2. The molecule has 1 saturated heterocycles. The average Bonchev–Trinajstić information content (AvgIpc) is 2.92. The second kappa shape index (κ2) is 6.01. The fourth-order valence-electron chi connectivity index (χ4n) is 2.46. The van der Waals surface area contributed by atoms with Crippen molar-refractivity contribution in [2.45, 2.75) is 18.9 Å². The molecule has 1 aromatic carbocycles. The van der Waals surface area contributed by atoms with Gasteiger partial charge < -0.3 is 26.6 Å². The zero-order chi connectivity index (χ0) is 15.6. The van der Waals surface area contributed by atoms with Crippen molar-refractivity contribution < 1.29 is 19.8 Å². The zero-order valence-electron chi connectivity index (χ0n) is 11.5. The highest BCUT2D eigenvalue weighted by atomic mass is 16.3. The number of hydrogen-bond donors (Lipinski definition) is 4. The molecule has 0 aromatic heterocycles. The molecule has 0 bridgehead atoms. The highest BCUT2D eigenvalue weighted by Gasteiger charge is 2.31. The van der Waals surface area contributed by atoms with Crippen molar-refractivity contribution in [1.29, 1.82) is 0 Å². The first-order chi connectivity index (χ1) is 9.88. The summed E-state index contributed by atoms with van der Waals surface area (Å²) in [6.45, 7) is 0.781. The maximum atomic E-state index is 12.2. The summed E-state index contributed by atoms with van der Waals surface area (Å²) in [6, 6.07) is 3.55. The minimum atomic E-state index is -0.763. The van der Waals surface area contributed by atoms with Crippen molar-refractivity contribution >= 4 is 11.8 Å². The van der Waals surface area contributed by atoms with E-state index in [2.05, 4.69) is 0 Å². The molecule has 0 radical (unpaired) electrons. The van der Waals surface area contributed by atoms with Crippen LogP contribution in [0.2, 0.25) is 0 Å². The summed E-state index contributed by atoms with van der Waals surface area (Å²) in [7, 11) is 0. The van der Waals surface area contributed by atoms with Crippen LogP contribution in [0, 0.1) is 5.92 Å². The van der Waals surface area contributed by atoms with E-state index in [9.17, 15) is 19.8 Å². The SMILES string of the molecule is NC(=O)C1CCN(C(=O)[C@@H](N)Cc2ccc(O)c(O)c2)C1. The van der Waals surface area contributed by atoms with Crippen molar-refractivity contribution in [2.75, 3.05) is 13.1 Å². The summed E-state index contributed by atoms with van der Waals surface area (Å²) in [4.78, 5) is 24.9. The maximum absolute atomic E-state index is 12.2. The number of nitrogens with two attached hydrogens (primary N) is 2. The number of phenolic OH excluding ortho intramolecular Hbond substituents is 2. The van der Waals surface area contributed by atoms with Crippen LogP contribution in [-0.2, 0) is 16.0 Å². The van der Waals surface area contributed by atoms with Gasteiger partial charge in [0.15, 0.2) is 11.5 Å². The Hall–Kier alpha value is -2.28. The van der Waals surface area contributed by atoms with Gasteiger partial charge in [-0.05, 0) is 30.5 Å². The quantitative estimate of drug-likeness (QED) is 0.545. The molecule has 114 valence electrons. The van der Waals surface area contributed by atoms with E-state index in [0.29, 0.717) is 25.1 Å². The second-order valence-corrected chi connectivity index (χ2v) is 5.31. The van der Waals surface area contributed by atoms with E-state index < -0.39 is 11.9 Å². The Labute approximate surface area is 122 Å². The number of aromatic hydroxyl groups is 2. The van der Waals surface area contributed by atoms with E-state index >= 15 is 0 Å². The number of phenols is 2. The van der Waals surface area contributed by atoms with Gasteiger partial charge in [0.1, 0.15) is 0 Å². The van der Waals surface area contributed by atoms with Crippen LogP contribution in [0.15, 0.2) is 18.2 Å². The lowest BCUT2D eigenvalue weighted by Crippen LogP contribution is -2.44. The molecule has 6 N–H and O–H groups in total. The number of rotatable bonds is 4. The third kappa shape index (κ3) is 3.43. The summed E-state index contributed by atoms with van der Waals surface area (Å²) >= 11 is 0. The molecule has 0 spiro atoms. The number of primary amides is 1. The second-order valence-electron chi connectivity index (χ2n) is 5.31. The van der Waals surface area contributed by atoms with Crippen LogP contribution in [0.1, 0.15) is 12.0 Å².